The molecule has 2 aliphatic heterocycles. The van der Waals surface area contributed by atoms with Gasteiger partial charge in [-0.1, -0.05) is 37.7 Å². The number of hydrogen-bond acceptors (Lipinski definition) is 8. The predicted octanol–water partition coefficient (Wildman–Crippen LogP) is 3.88. The number of rotatable bonds is 6. The largest absolute Gasteiger partial charge is 0.493 e. The van der Waals surface area contributed by atoms with Crippen LogP contribution in [0, 0.1) is 5.41 Å². The van der Waals surface area contributed by atoms with Crippen LogP contribution >= 0.6 is 11.8 Å². The van der Waals surface area contributed by atoms with Crippen LogP contribution in [0.5, 0.6) is 11.5 Å². The van der Waals surface area contributed by atoms with Crippen molar-refractivity contribution in [3.63, 3.8) is 0 Å². The van der Waals surface area contributed by atoms with Crippen LogP contribution in [0.15, 0.2) is 33.2 Å². The first-order valence-corrected chi connectivity index (χ1v) is 12.6. The van der Waals surface area contributed by atoms with E-state index in [9.17, 15) is 0 Å². The van der Waals surface area contributed by atoms with Crippen molar-refractivity contribution < 1.29 is 9.47 Å². The molecule has 180 valence electrons. The topological polar surface area (TPSA) is 85.3 Å². The standard InChI is InChI=1S/C26H33N5O2S/c1-7-31(4)23-17-13-25(2,3)12-16(17)19-20-22(34-24(19)30-23)26(27,29-14-28-20)11-15-9-8-10-18(32-5)21(15)33-6/h8-10,14,22H,7,11-13,27H2,1-6H3. The molecule has 7 nitrogen and oxygen atoms in total. The van der Waals surface area contributed by atoms with Gasteiger partial charge >= 0.3 is 0 Å². The van der Waals surface area contributed by atoms with Crippen molar-refractivity contribution >= 4 is 29.6 Å². The monoisotopic (exact) mass is 479 g/mol. The van der Waals surface area contributed by atoms with Gasteiger partial charge in [-0.2, -0.15) is 0 Å². The number of pyridine rings is 1. The third-order valence-electron chi connectivity index (χ3n) is 7.14. The normalized spacial score (nSPS) is 23.7. The Labute approximate surface area is 205 Å². The van der Waals surface area contributed by atoms with Gasteiger partial charge in [-0.25, -0.2) is 15.0 Å². The molecular formula is C26H33N5O2S. The van der Waals surface area contributed by atoms with Gasteiger partial charge in [0.05, 0.1) is 25.2 Å². The van der Waals surface area contributed by atoms with Gasteiger partial charge < -0.3 is 20.1 Å². The molecule has 2 aromatic rings. The summed E-state index contributed by atoms with van der Waals surface area (Å²) >= 11 is 1.70. The lowest BCUT2D eigenvalue weighted by atomic mass is 9.87. The molecule has 2 N–H and O–H groups in total. The van der Waals surface area contributed by atoms with Crippen LogP contribution in [-0.2, 0) is 19.3 Å². The molecule has 3 aliphatic rings. The fourth-order valence-corrected chi connectivity index (χ4v) is 6.77. The van der Waals surface area contributed by atoms with E-state index in [1.54, 1.807) is 32.3 Å². The second kappa shape index (κ2) is 8.27. The van der Waals surface area contributed by atoms with Crippen molar-refractivity contribution in [3.05, 3.63) is 40.5 Å². The van der Waals surface area contributed by atoms with Gasteiger partial charge in [0.1, 0.15) is 22.8 Å². The number of ether oxygens (including phenoxy) is 2. The lowest BCUT2D eigenvalue weighted by Gasteiger charge is -2.33. The molecule has 1 aromatic heterocycles. The van der Waals surface area contributed by atoms with Crippen molar-refractivity contribution in [3.8, 4) is 11.5 Å². The maximum atomic E-state index is 7.06. The van der Waals surface area contributed by atoms with Crippen LogP contribution in [-0.4, -0.2) is 55.8 Å². The molecule has 0 saturated heterocycles. The Morgan fingerprint density at radius 3 is 2.65 bits per heavy atom. The van der Waals surface area contributed by atoms with Crippen LogP contribution in [0.2, 0.25) is 0 Å². The summed E-state index contributed by atoms with van der Waals surface area (Å²) in [7, 11) is 5.42. The molecular weight excluding hydrogens is 446 g/mol. The zero-order valence-corrected chi connectivity index (χ0v) is 21.6. The Morgan fingerprint density at radius 1 is 1.18 bits per heavy atom. The van der Waals surface area contributed by atoms with Gasteiger partial charge in [0.2, 0.25) is 0 Å². The fraction of sp³-hybridized carbons (Fsp3) is 0.500. The molecule has 2 atom stereocenters. The molecule has 1 aliphatic carbocycles. The van der Waals surface area contributed by atoms with Crippen LogP contribution in [0.25, 0.3) is 0 Å². The highest BCUT2D eigenvalue weighted by molar-refractivity contribution is 8.01. The van der Waals surface area contributed by atoms with Crippen LogP contribution in [0.4, 0.5) is 5.82 Å². The predicted molar refractivity (Wildman–Crippen MR) is 139 cm³/mol. The highest BCUT2D eigenvalue weighted by Gasteiger charge is 2.49. The molecule has 0 fully saturated rings. The second-order valence-corrected chi connectivity index (χ2v) is 11.3. The van der Waals surface area contributed by atoms with Crippen molar-refractivity contribution in [2.24, 2.45) is 21.1 Å². The number of para-hydroxylation sites is 1. The summed E-state index contributed by atoms with van der Waals surface area (Å²) in [5.41, 5.74) is 12.3. The Hall–Kier alpha value is -2.58. The first kappa shape index (κ1) is 23.2. The minimum Gasteiger partial charge on any atom is -0.493 e. The summed E-state index contributed by atoms with van der Waals surface area (Å²) < 4.78 is 11.2. The fourth-order valence-electron chi connectivity index (χ4n) is 5.42. The number of benzene rings is 1. The van der Waals surface area contributed by atoms with Gasteiger partial charge in [0, 0.05) is 31.1 Å². The number of hydrogen-bond donors (Lipinski definition) is 1. The average Bonchev–Trinajstić information content (AvgIpc) is 3.34. The number of nitrogens with two attached hydrogens (primary N) is 1. The Bertz CT molecular complexity index is 1210. The number of aliphatic imine (C=N–C) groups is 2. The highest BCUT2D eigenvalue weighted by Crippen LogP contribution is 2.51. The SMILES string of the molecule is CCN(C)c1nc2c(c3c1CC(C)(C)C3)C1=NC=NC(N)(Cc3cccc(OC)c3OC)C1S2. The summed E-state index contributed by atoms with van der Waals surface area (Å²) in [4.78, 5) is 16.9. The molecule has 3 heterocycles. The Balaban J connectivity index is 1.58. The molecule has 34 heavy (non-hydrogen) atoms. The van der Waals surface area contributed by atoms with E-state index in [-0.39, 0.29) is 10.7 Å². The van der Waals surface area contributed by atoms with Gasteiger partial charge in [-0.05, 0) is 42.4 Å². The van der Waals surface area contributed by atoms with E-state index >= 15 is 0 Å². The quantitative estimate of drug-likeness (QED) is 0.677. The Morgan fingerprint density at radius 2 is 1.94 bits per heavy atom. The first-order valence-electron chi connectivity index (χ1n) is 11.8. The van der Waals surface area contributed by atoms with E-state index < -0.39 is 5.66 Å². The molecule has 0 bridgehead atoms. The van der Waals surface area contributed by atoms with E-state index in [0.717, 1.165) is 41.5 Å². The average molecular weight is 480 g/mol. The minimum absolute atomic E-state index is 0.120. The van der Waals surface area contributed by atoms with Gasteiger partial charge in [-0.3, -0.25) is 0 Å². The summed E-state index contributed by atoms with van der Waals surface area (Å²) in [6, 6.07) is 5.88. The van der Waals surface area contributed by atoms with Gasteiger partial charge in [-0.15, -0.1) is 0 Å². The zero-order valence-electron chi connectivity index (χ0n) is 20.8. The third kappa shape index (κ3) is 3.58. The molecule has 5 rings (SSSR count). The number of thioether (sulfide) groups is 1. The highest BCUT2D eigenvalue weighted by atomic mass is 32.2. The van der Waals surface area contributed by atoms with E-state index in [1.165, 1.54) is 16.7 Å². The zero-order chi connectivity index (χ0) is 24.3. The third-order valence-corrected chi connectivity index (χ3v) is 8.53. The maximum absolute atomic E-state index is 7.06. The number of nitrogens with zero attached hydrogens (tertiary/aromatic N) is 4. The minimum atomic E-state index is -0.875. The van der Waals surface area contributed by atoms with Gasteiger partial charge in [0.15, 0.2) is 11.5 Å². The number of methoxy groups -OCH3 is 2. The van der Waals surface area contributed by atoms with E-state index in [2.05, 4.69) is 32.7 Å². The van der Waals surface area contributed by atoms with Crippen molar-refractivity contribution in [1.29, 1.82) is 0 Å². The van der Waals surface area contributed by atoms with Crippen LogP contribution in [0.1, 0.15) is 43.0 Å². The Kier molecular flexibility index (Phi) is 5.64. The molecule has 8 heteroatoms. The molecule has 0 amide bonds. The van der Waals surface area contributed by atoms with E-state index in [0.29, 0.717) is 17.9 Å². The number of fused-ring (bicyclic) bond motifs is 5. The van der Waals surface area contributed by atoms with E-state index in [4.69, 9.17) is 30.2 Å². The number of anilines is 1. The van der Waals surface area contributed by atoms with Crippen LogP contribution in [0.3, 0.4) is 0 Å². The van der Waals surface area contributed by atoms with Crippen molar-refractivity contribution in [2.45, 2.75) is 56.0 Å². The van der Waals surface area contributed by atoms with Crippen LogP contribution < -0.4 is 20.1 Å². The summed E-state index contributed by atoms with van der Waals surface area (Å²) in [6.07, 6.45) is 4.17. The maximum Gasteiger partial charge on any atom is 0.164 e. The van der Waals surface area contributed by atoms with E-state index in [1.807, 2.05) is 18.2 Å². The lowest BCUT2D eigenvalue weighted by molar-refractivity contribution is 0.347. The summed E-state index contributed by atoms with van der Waals surface area (Å²) in [5.74, 6) is 2.47. The second-order valence-electron chi connectivity index (χ2n) is 10.2. The molecule has 0 radical (unpaired) electrons. The molecule has 0 spiro atoms. The lowest BCUT2D eigenvalue weighted by Crippen LogP contribution is -2.53. The molecule has 2 unspecified atom stereocenters. The smallest absolute Gasteiger partial charge is 0.164 e. The molecule has 0 saturated carbocycles. The van der Waals surface area contributed by atoms with Gasteiger partial charge in [0.25, 0.3) is 0 Å². The van der Waals surface area contributed by atoms with Crippen molar-refractivity contribution in [2.75, 3.05) is 32.7 Å². The molecule has 1 aromatic carbocycles. The first-order chi connectivity index (χ1) is 16.2. The summed E-state index contributed by atoms with van der Waals surface area (Å²) in [6.45, 7) is 7.74. The summed E-state index contributed by atoms with van der Waals surface area (Å²) in [5, 5.41) is 0.902. The number of aromatic nitrogens is 1. The van der Waals surface area contributed by atoms with Crippen molar-refractivity contribution in [1.82, 2.24) is 4.98 Å².